The quantitative estimate of drug-likeness (QED) is 0.774. The number of carboxylic acids is 1. The number of carbonyl (C=O) groups excluding carboxylic acids is 2. The summed E-state index contributed by atoms with van der Waals surface area (Å²) in [4.78, 5) is 38.9. The average molecular weight is 364 g/mol. The molecule has 2 rings (SSSR count). The van der Waals surface area contributed by atoms with Crippen molar-refractivity contribution in [1.29, 1.82) is 0 Å². The Balaban J connectivity index is 2.32. The molecule has 0 unspecified atom stereocenters. The molecule has 7 nitrogen and oxygen atoms in total. The van der Waals surface area contributed by atoms with E-state index < -0.39 is 17.4 Å². The zero-order valence-corrected chi connectivity index (χ0v) is 15.8. The number of carboxylic acid groups (broad SMARTS) is 1. The summed E-state index contributed by atoms with van der Waals surface area (Å²) in [6, 6.07) is 0. The van der Waals surface area contributed by atoms with Gasteiger partial charge in [-0.3, -0.25) is 14.4 Å². The van der Waals surface area contributed by atoms with Gasteiger partial charge in [0.25, 0.3) is 5.91 Å². The third-order valence-corrected chi connectivity index (χ3v) is 5.11. The lowest BCUT2D eigenvalue weighted by Gasteiger charge is -2.40. The molecule has 0 aromatic carbocycles. The Bertz CT molecular complexity index is 669. The maximum Gasteiger partial charge on any atom is 0.311 e. The van der Waals surface area contributed by atoms with Crippen molar-refractivity contribution in [2.24, 2.45) is 0 Å². The molecule has 0 atom stereocenters. The number of carbonyl (C=O) groups is 3. The maximum absolute atomic E-state index is 13.1. The van der Waals surface area contributed by atoms with Crippen LogP contribution in [0.3, 0.4) is 0 Å². The van der Waals surface area contributed by atoms with Crippen LogP contribution in [0.2, 0.25) is 0 Å². The van der Waals surface area contributed by atoms with Crippen LogP contribution >= 0.6 is 0 Å². The second-order valence-electron chi connectivity index (χ2n) is 6.86. The highest BCUT2D eigenvalue weighted by atomic mass is 16.4. The number of nitrogens with zero attached hydrogens (tertiary/aromatic N) is 1. The number of aliphatic carboxylic acids is 1. The van der Waals surface area contributed by atoms with E-state index in [9.17, 15) is 14.4 Å². The normalized spacial score (nSPS) is 16.1. The van der Waals surface area contributed by atoms with Crippen molar-refractivity contribution in [3.8, 4) is 0 Å². The van der Waals surface area contributed by atoms with Gasteiger partial charge in [-0.05, 0) is 33.6 Å². The van der Waals surface area contributed by atoms with Gasteiger partial charge >= 0.3 is 5.97 Å². The minimum Gasteiger partial charge on any atom is -0.481 e. The van der Waals surface area contributed by atoms with E-state index in [-0.39, 0.29) is 23.7 Å². The zero-order valence-electron chi connectivity index (χ0n) is 15.8. The summed E-state index contributed by atoms with van der Waals surface area (Å²) in [5.74, 6) is -1.44. The molecular weight excluding hydrogens is 336 g/mol. The molecule has 0 radical (unpaired) electrons. The van der Waals surface area contributed by atoms with Crippen molar-refractivity contribution in [3.63, 3.8) is 0 Å². The molecule has 144 valence electrons. The van der Waals surface area contributed by atoms with Crippen LogP contribution in [0.15, 0.2) is 10.7 Å². The van der Waals surface area contributed by atoms with Crippen molar-refractivity contribution < 1.29 is 23.9 Å². The number of nitrogens with one attached hydrogen (secondary N) is 1. The predicted molar refractivity (Wildman–Crippen MR) is 96.0 cm³/mol. The highest BCUT2D eigenvalue weighted by Crippen LogP contribution is 2.31. The van der Waals surface area contributed by atoms with Gasteiger partial charge in [0.05, 0.1) is 11.8 Å². The first kappa shape index (κ1) is 20.0. The summed E-state index contributed by atoms with van der Waals surface area (Å²) in [7, 11) is 0. The van der Waals surface area contributed by atoms with Crippen LogP contribution in [0, 0.1) is 6.92 Å². The lowest BCUT2D eigenvalue weighted by atomic mass is 9.80. The first-order valence-electron chi connectivity index (χ1n) is 9.25. The largest absolute Gasteiger partial charge is 0.481 e. The number of likely N-dealkylation sites (N-methyl/N-ethyl adjacent to an activating group) is 1. The molecule has 1 aromatic rings. The highest BCUT2D eigenvalue weighted by molar-refractivity contribution is 6.01. The number of furan rings is 1. The van der Waals surface area contributed by atoms with Crippen molar-refractivity contribution in [3.05, 3.63) is 23.2 Å². The Hall–Kier alpha value is -2.31. The molecule has 2 amide bonds. The lowest BCUT2D eigenvalue weighted by molar-refractivity contribution is -0.139. The van der Waals surface area contributed by atoms with Gasteiger partial charge in [-0.25, -0.2) is 0 Å². The minimum absolute atomic E-state index is 0.0588. The molecular formula is C19H28N2O5. The van der Waals surface area contributed by atoms with Crippen molar-refractivity contribution in [2.75, 3.05) is 13.1 Å². The summed E-state index contributed by atoms with van der Waals surface area (Å²) in [6.07, 6.45) is 5.00. The summed E-state index contributed by atoms with van der Waals surface area (Å²) in [6.45, 7) is 6.71. The maximum atomic E-state index is 13.1. The summed E-state index contributed by atoms with van der Waals surface area (Å²) >= 11 is 0. The van der Waals surface area contributed by atoms with Crippen LogP contribution in [0.25, 0.3) is 0 Å². The number of amides is 2. The topological polar surface area (TPSA) is 99.9 Å². The molecule has 0 saturated heterocycles. The monoisotopic (exact) mass is 364 g/mol. The number of aryl methyl sites for hydroxylation is 1. The van der Waals surface area contributed by atoms with Crippen LogP contribution < -0.4 is 5.32 Å². The molecule has 1 saturated carbocycles. The van der Waals surface area contributed by atoms with E-state index >= 15 is 0 Å². The average Bonchev–Trinajstić information content (AvgIpc) is 2.96. The Kier molecular flexibility index (Phi) is 6.45. The van der Waals surface area contributed by atoms with Gasteiger partial charge in [-0.2, -0.15) is 0 Å². The van der Waals surface area contributed by atoms with Crippen molar-refractivity contribution in [2.45, 2.75) is 64.8 Å². The molecule has 1 heterocycles. The zero-order chi connectivity index (χ0) is 19.3. The molecule has 1 aliphatic carbocycles. The Morgan fingerprint density at radius 3 is 2.35 bits per heavy atom. The molecule has 1 fully saturated rings. The second-order valence-corrected chi connectivity index (χ2v) is 6.86. The number of hydrogen-bond donors (Lipinski definition) is 2. The van der Waals surface area contributed by atoms with E-state index in [0.717, 1.165) is 19.3 Å². The molecule has 26 heavy (non-hydrogen) atoms. The summed E-state index contributed by atoms with van der Waals surface area (Å²) in [5, 5.41) is 12.0. The Labute approximate surface area is 153 Å². The number of hydrogen-bond acceptors (Lipinski definition) is 4. The van der Waals surface area contributed by atoms with E-state index in [1.54, 1.807) is 11.8 Å². The van der Waals surface area contributed by atoms with Gasteiger partial charge in [0.15, 0.2) is 0 Å². The SMILES string of the molecule is CCN(CC)C(=O)C1(NC(=O)c2c(C)coc2CC(=O)O)CCCCC1. The van der Waals surface area contributed by atoms with Crippen molar-refractivity contribution >= 4 is 17.8 Å². The fraction of sp³-hybridized carbons (Fsp3) is 0.632. The Morgan fingerprint density at radius 2 is 1.81 bits per heavy atom. The van der Waals surface area contributed by atoms with Crippen molar-refractivity contribution in [1.82, 2.24) is 10.2 Å². The first-order chi connectivity index (χ1) is 12.3. The van der Waals surface area contributed by atoms with Gasteiger partial charge in [0.2, 0.25) is 5.91 Å². The van der Waals surface area contributed by atoms with Crippen LogP contribution in [0.4, 0.5) is 0 Å². The van der Waals surface area contributed by atoms with Crippen LogP contribution in [0.1, 0.15) is 67.6 Å². The van der Waals surface area contributed by atoms with E-state index in [1.165, 1.54) is 6.26 Å². The van der Waals surface area contributed by atoms with Gasteiger partial charge in [0, 0.05) is 18.7 Å². The standard InChI is InChI=1S/C19H28N2O5/c1-4-21(5-2)18(25)19(9-7-6-8-10-19)20-17(24)16-13(3)12-26-14(16)11-15(22)23/h12H,4-11H2,1-3H3,(H,20,24)(H,22,23). The molecule has 1 aromatic heterocycles. The fourth-order valence-electron chi connectivity index (χ4n) is 3.71. The van der Waals surface area contributed by atoms with E-state index in [1.807, 2.05) is 13.8 Å². The second kappa shape index (κ2) is 8.38. The summed E-state index contributed by atoms with van der Waals surface area (Å²) in [5.41, 5.74) is -0.129. The van der Waals surface area contributed by atoms with Gasteiger partial charge in [0.1, 0.15) is 17.7 Å². The van der Waals surface area contributed by atoms with Gasteiger partial charge in [-0.15, -0.1) is 0 Å². The highest BCUT2D eigenvalue weighted by Gasteiger charge is 2.43. The first-order valence-corrected chi connectivity index (χ1v) is 9.25. The molecule has 7 heteroatoms. The third-order valence-electron chi connectivity index (χ3n) is 5.11. The van der Waals surface area contributed by atoms with E-state index in [2.05, 4.69) is 5.32 Å². The smallest absolute Gasteiger partial charge is 0.311 e. The van der Waals surface area contributed by atoms with Crippen LogP contribution in [-0.4, -0.2) is 46.4 Å². The molecule has 2 N–H and O–H groups in total. The summed E-state index contributed by atoms with van der Waals surface area (Å²) < 4.78 is 5.26. The lowest BCUT2D eigenvalue weighted by Crippen LogP contribution is -2.60. The van der Waals surface area contributed by atoms with E-state index in [4.69, 9.17) is 9.52 Å². The van der Waals surface area contributed by atoms with Gasteiger partial charge in [-0.1, -0.05) is 19.3 Å². The molecule has 1 aliphatic rings. The van der Waals surface area contributed by atoms with Crippen LogP contribution in [-0.2, 0) is 16.0 Å². The minimum atomic E-state index is -1.07. The van der Waals surface area contributed by atoms with Crippen LogP contribution in [0.5, 0.6) is 0 Å². The fourth-order valence-corrected chi connectivity index (χ4v) is 3.71. The molecule has 0 aliphatic heterocycles. The number of rotatable bonds is 7. The third kappa shape index (κ3) is 4.08. The Morgan fingerprint density at radius 1 is 1.19 bits per heavy atom. The molecule has 0 bridgehead atoms. The van der Waals surface area contributed by atoms with Gasteiger partial charge < -0.3 is 19.7 Å². The molecule has 0 spiro atoms. The van der Waals surface area contributed by atoms with E-state index in [0.29, 0.717) is 31.5 Å². The predicted octanol–water partition coefficient (Wildman–Crippen LogP) is 2.52.